The summed E-state index contributed by atoms with van der Waals surface area (Å²) in [4.78, 5) is 0. The molecule has 0 aliphatic carbocycles. The Labute approximate surface area is 157 Å². The fourth-order valence-corrected chi connectivity index (χ4v) is 3.33. The van der Waals surface area contributed by atoms with Gasteiger partial charge in [-0.05, 0) is 51.7 Å². The third-order valence-corrected chi connectivity index (χ3v) is 4.77. The van der Waals surface area contributed by atoms with Crippen molar-refractivity contribution in [3.05, 3.63) is 102 Å². The molecule has 4 aromatic rings. The highest BCUT2D eigenvalue weighted by Gasteiger charge is 2.06. The van der Waals surface area contributed by atoms with E-state index in [2.05, 4.69) is 35.6 Å². The largest absolute Gasteiger partial charge is 0.508 e. The maximum atomic E-state index is 13.1. The van der Waals surface area contributed by atoms with Crippen LogP contribution in [0.1, 0.15) is 11.1 Å². The number of benzene rings is 4. The first kappa shape index (κ1) is 17.3. The topological polar surface area (TPSA) is 32.3 Å². The van der Waals surface area contributed by atoms with Crippen molar-refractivity contribution in [3.63, 3.8) is 0 Å². The van der Waals surface area contributed by atoms with Gasteiger partial charge < -0.3 is 10.4 Å². The lowest BCUT2D eigenvalue weighted by molar-refractivity contribution is 0.464. The molecule has 2 N–H and O–H groups in total. The molecule has 4 rings (SSSR count). The molecule has 0 aliphatic rings. The molecule has 0 unspecified atom stereocenters. The van der Waals surface area contributed by atoms with Crippen LogP contribution in [0.4, 0.5) is 4.39 Å². The van der Waals surface area contributed by atoms with E-state index in [1.165, 1.54) is 28.5 Å². The van der Waals surface area contributed by atoms with Crippen LogP contribution in [0.25, 0.3) is 21.9 Å². The van der Waals surface area contributed by atoms with Crippen molar-refractivity contribution in [3.8, 4) is 16.9 Å². The van der Waals surface area contributed by atoms with E-state index in [4.69, 9.17) is 0 Å². The van der Waals surface area contributed by atoms with E-state index >= 15 is 0 Å². The molecule has 0 aromatic heterocycles. The second-order valence-corrected chi connectivity index (χ2v) is 6.59. The molecule has 0 aliphatic heterocycles. The predicted octanol–water partition coefficient (Wildman–Crippen LogP) is 5.64. The van der Waals surface area contributed by atoms with E-state index in [0.29, 0.717) is 13.1 Å². The second-order valence-electron chi connectivity index (χ2n) is 6.59. The molecule has 3 heteroatoms. The molecule has 2 nitrogen and oxygen atoms in total. The first-order valence-electron chi connectivity index (χ1n) is 8.96. The zero-order valence-electron chi connectivity index (χ0n) is 14.8. The summed E-state index contributed by atoms with van der Waals surface area (Å²) in [6.45, 7) is 1.26. The summed E-state index contributed by atoms with van der Waals surface area (Å²) in [5, 5.41) is 16.1. The van der Waals surface area contributed by atoms with Crippen molar-refractivity contribution in [2.24, 2.45) is 0 Å². The summed E-state index contributed by atoms with van der Waals surface area (Å²) in [5.74, 6) is 0.000729. The van der Waals surface area contributed by atoms with Gasteiger partial charge in [0.25, 0.3) is 0 Å². The normalized spacial score (nSPS) is 11.0. The van der Waals surface area contributed by atoms with Crippen LogP contribution in [0, 0.1) is 5.82 Å². The summed E-state index contributed by atoms with van der Waals surface area (Å²) in [7, 11) is 0. The Hall–Kier alpha value is -3.17. The van der Waals surface area contributed by atoms with E-state index in [0.717, 1.165) is 16.7 Å². The Balaban J connectivity index is 1.51. The Bertz CT molecular complexity index is 1070. The van der Waals surface area contributed by atoms with Crippen LogP contribution < -0.4 is 5.32 Å². The second kappa shape index (κ2) is 7.60. The van der Waals surface area contributed by atoms with Crippen LogP contribution in [-0.2, 0) is 13.1 Å². The lowest BCUT2D eigenvalue weighted by Gasteiger charge is -2.11. The standard InChI is InChI=1S/C24H20FNO/c25-22-11-8-17(9-12-22)19-10-13-24(27)21(14-19)16-26-15-20-6-3-5-18-4-1-2-7-23(18)20/h1-14,26-27H,15-16H2. The fourth-order valence-electron chi connectivity index (χ4n) is 3.33. The number of rotatable bonds is 5. The van der Waals surface area contributed by atoms with Crippen LogP contribution in [0.5, 0.6) is 5.75 Å². The molecule has 0 spiro atoms. The number of nitrogens with one attached hydrogen (secondary N) is 1. The van der Waals surface area contributed by atoms with Gasteiger partial charge in [0.2, 0.25) is 0 Å². The molecule has 0 fully saturated rings. The fraction of sp³-hybridized carbons (Fsp3) is 0.0833. The van der Waals surface area contributed by atoms with Gasteiger partial charge in [-0.2, -0.15) is 0 Å². The minimum absolute atomic E-state index is 0.255. The van der Waals surface area contributed by atoms with E-state index in [-0.39, 0.29) is 11.6 Å². The van der Waals surface area contributed by atoms with Crippen molar-refractivity contribution >= 4 is 10.8 Å². The van der Waals surface area contributed by atoms with E-state index in [1.54, 1.807) is 18.2 Å². The molecule has 0 saturated carbocycles. The Morgan fingerprint density at radius 1 is 0.704 bits per heavy atom. The van der Waals surface area contributed by atoms with Crippen molar-refractivity contribution in [1.82, 2.24) is 5.32 Å². The molecule has 0 radical (unpaired) electrons. The summed E-state index contributed by atoms with van der Waals surface area (Å²) < 4.78 is 13.1. The van der Waals surface area contributed by atoms with E-state index in [9.17, 15) is 9.50 Å². The Morgan fingerprint density at radius 2 is 1.41 bits per heavy atom. The number of phenolic OH excluding ortho intramolecular Hbond substituents is 1. The van der Waals surface area contributed by atoms with Gasteiger partial charge in [-0.15, -0.1) is 0 Å². The van der Waals surface area contributed by atoms with Gasteiger partial charge >= 0.3 is 0 Å². The molecule has 134 valence electrons. The van der Waals surface area contributed by atoms with Gasteiger partial charge in [0.1, 0.15) is 11.6 Å². The number of hydrogen-bond donors (Lipinski definition) is 2. The molecule has 27 heavy (non-hydrogen) atoms. The lowest BCUT2D eigenvalue weighted by Crippen LogP contribution is -2.13. The molecule has 0 bridgehead atoms. The molecule has 4 aromatic carbocycles. The predicted molar refractivity (Wildman–Crippen MR) is 108 cm³/mol. The Kier molecular flexibility index (Phi) is 4.86. The first-order valence-corrected chi connectivity index (χ1v) is 8.96. The smallest absolute Gasteiger partial charge is 0.123 e. The average Bonchev–Trinajstić information content (AvgIpc) is 2.70. The summed E-state index contributed by atoms with van der Waals surface area (Å²) >= 11 is 0. The van der Waals surface area contributed by atoms with Crippen LogP contribution in [0.3, 0.4) is 0 Å². The zero-order valence-corrected chi connectivity index (χ0v) is 14.8. The van der Waals surface area contributed by atoms with Crippen LogP contribution in [0.2, 0.25) is 0 Å². The van der Waals surface area contributed by atoms with Gasteiger partial charge in [0.15, 0.2) is 0 Å². The van der Waals surface area contributed by atoms with Gasteiger partial charge in [0.05, 0.1) is 0 Å². The Morgan fingerprint density at radius 3 is 2.26 bits per heavy atom. The highest BCUT2D eigenvalue weighted by molar-refractivity contribution is 5.85. The number of phenols is 1. The number of fused-ring (bicyclic) bond motifs is 1. The minimum Gasteiger partial charge on any atom is -0.508 e. The minimum atomic E-state index is -0.255. The summed E-state index contributed by atoms with van der Waals surface area (Å²) in [6, 6.07) is 26.5. The third kappa shape index (κ3) is 3.83. The van der Waals surface area contributed by atoms with Crippen LogP contribution >= 0.6 is 0 Å². The van der Waals surface area contributed by atoms with Crippen molar-refractivity contribution in [2.75, 3.05) is 0 Å². The monoisotopic (exact) mass is 357 g/mol. The van der Waals surface area contributed by atoms with Crippen LogP contribution in [0.15, 0.2) is 84.9 Å². The highest BCUT2D eigenvalue weighted by atomic mass is 19.1. The van der Waals surface area contributed by atoms with Crippen LogP contribution in [-0.4, -0.2) is 5.11 Å². The highest BCUT2D eigenvalue weighted by Crippen LogP contribution is 2.26. The average molecular weight is 357 g/mol. The molecule has 0 saturated heterocycles. The van der Waals surface area contributed by atoms with Gasteiger partial charge in [-0.1, -0.05) is 60.7 Å². The quantitative estimate of drug-likeness (QED) is 0.484. The maximum absolute atomic E-state index is 13.1. The SMILES string of the molecule is Oc1ccc(-c2ccc(F)cc2)cc1CNCc1cccc2ccccc12. The van der Waals surface area contributed by atoms with Gasteiger partial charge in [-0.25, -0.2) is 4.39 Å². The third-order valence-electron chi connectivity index (χ3n) is 4.77. The van der Waals surface area contributed by atoms with Gasteiger partial charge in [-0.3, -0.25) is 0 Å². The van der Waals surface area contributed by atoms with Crippen molar-refractivity contribution in [2.45, 2.75) is 13.1 Å². The molecular formula is C24H20FNO. The van der Waals surface area contributed by atoms with Crippen molar-refractivity contribution < 1.29 is 9.50 Å². The van der Waals surface area contributed by atoms with E-state index < -0.39 is 0 Å². The molecule has 0 atom stereocenters. The molecule has 0 heterocycles. The van der Waals surface area contributed by atoms with Crippen molar-refractivity contribution in [1.29, 1.82) is 0 Å². The molecule has 0 amide bonds. The number of halogens is 1. The summed E-state index contributed by atoms with van der Waals surface area (Å²) in [5.41, 5.74) is 3.92. The van der Waals surface area contributed by atoms with Gasteiger partial charge in [0, 0.05) is 18.7 Å². The maximum Gasteiger partial charge on any atom is 0.123 e. The number of aromatic hydroxyl groups is 1. The molecular weight excluding hydrogens is 337 g/mol. The first-order chi connectivity index (χ1) is 13.2. The van der Waals surface area contributed by atoms with E-state index in [1.807, 2.05) is 24.3 Å². The summed E-state index contributed by atoms with van der Waals surface area (Å²) in [6.07, 6.45) is 0. The number of hydrogen-bond acceptors (Lipinski definition) is 2. The zero-order chi connectivity index (χ0) is 18.6. The lowest BCUT2D eigenvalue weighted by atomic mass is 10.0.